The standard InChI is InChI=1S/C15H13BrN4/c1-10-15(16)14(19(2)18-10)9-20-7-6-12-11(8-17)4-3-5-13(12)20/h3-7H,9H2,1-2H3. The Hall–Kier alpha value is -2.06. The molecule has 4 nitrogen and oxygen atoms in total. The van der Waals surface area contributed by atoms with E-state index in [0.717, 1.165) is 33.3 Å². The number of nitriles is 1. The van der Waals surface area contributed by atoms with E-state index in [-0.39, 0.29) is 0 Å². The zero-order valence-corrected chi connectivity index (χ0v) is 12.8. The van der Waals surface area contributed by atoms with E-state index >= 15 is 0 Å². The van der Waals surface area contributed by atoms with Crippen molar-refractivity contribution in [1.29, 1.82) is 5.26 Å². The van der Waals surface area contributed by atoms with Gasteiger partial charge >= 0.3 is 0 Å². The minimum absolute atomic E-state index is 0.710. The number of aromatic nitrogens is 3. The number of rotatable bonds is 2. The van der Waals surface area contributed by atoms with Crippen LogP contribution in [-0.4, -0.2) is 14.3 Å². The Labute approximate surface area is 125 Å². The Morgan fingerprint density at radius 1 is 1.35 bits per heavy atom. The summed E-state index contributed by atoms with van der Waals surface area (Å²) < 4.78 is 5.06. The van der Waals surface area contributed by atoms with E-state index in [2.05, 4.69) is 31.7 Å². The molecule has 0 unspecified atom stereocenters. The molecule has 0 N–H and O–H groups in total. The second kappa shape index (κ2) is 4.80. The summed E-state index contributed by atoms with van der Waals surface area (Å²) in [6.45, 7) is 2.70. The predicted octanol–water partition coefficient (Wildman–Crippen LogP) is 3.37. The molecular weight excluding hydrogens is 316 g/mol. The molecule has 5 heteroatoms. The number of hydrogen-bond donors (Lipinski definition) is 0. The molecule has 0 amide bonds. The van der Waals surface area contributed by atoms with Crippen molar-refractivity contribution in [3.63, 3.8) is 0 Å². The lowest BCUT2D eigenvalue weighted by Gasteiger charge is -2.07. The van der Waals surface area contributed by atoms with Gasteiger partial charge < -0.3 is 4.57 Å². The number of benzene rings is 1. The number of aryl methyl sites for hydroxylation is 2. The highest BCUT2D eigenvalue weighted by molar-refractivity contribution is 9.10. The first-order valence-electron chi connectivity index (χ1n) is 6.27. The summed E-state index contributed by atoms with van der Waals surface area (Å²) in [5, 5.41) is 14.5. The zero-order chi connectivity index (χ0) is 14.3. The highest BCUT2D eigenvalue weighted by Gasteiger charge is 2.12. The van der Waals surface area contributed by atoms with Crippen molar-refractivity contribution in [2.45, 2.75) is 13.5 Å². The molecule has 1 aromatic carbocycles. The highest BCUT2D eigenvalue weighted by atomic mass is 79.9. The molecule has 0 atom stereocenters. The SMILES string of the molecule is Cc1nn(C)c(Cn2ccc3c(C#N)cccc32)c1Br. The molecule has 100 valence electrons. The average Bonchev–Trinajstić information content (AvgIpc) is 2.96. The van der Waals surface area contributed by atoms with E-state index in [1.54, 1.807) is 0 Å². The van der Waals surface area contributed by atoms with Gasteiger partial charge in [-0.2, -0.15) is 10.4 Å². The van der Waals surface area contributed by atoms with Crippen LogP contribution in [0.2, 0.25) is 0 Å². The summed E-state index contributed by atoms with van der Waals surface area (Å²) in [4.78, 5) is 0. The van der Waals surface area contributed by atoms with Crippen molar-refractivity contribution in [1.82, 2.24) is 14.3 Å². The number of hydrogen-bond acceptors (Lipinski definition) is 2. The summed E-state index contributed by atoms with van der Waals surface area (Å²) >= 11 is 3.59. The normalized spacial score (nSPS) is 10.9. The lowest BCUT2D eigenvalue weighted by molar-refractivity contribution is 0.671. The second-order valence-electron chi connectivity index (χ2n) is 4.76. The molecule has 0 fully saturated rings. The van der Waals surface area contributed by atoms with Crippen LogP contribution in [0.3, 0.4) is 0 Å². The van der Waals surface area contributed by atoms with Gasteiger partial charge in [-0.1, -0.05) is 6.07 Å². The number of nitrogens with zero attached hydrogens (tertiary/aromatic N) is 4. The Bertz CT molecular complexity index is 836. The summed E-state index contributed by atoms with van der Waals surface area (Å²) in [6.07, 6.45) is 2.01. The minimum atomic E-state index is 0.710. The molecule has 3 rings (SSSR count). The fourth-order valence-corrected chi connectivity index (χ4v) is 2.93. The monoisotopic (exact) mass is 328 g/mol. The van der Waals surface area contributed by atoms with Crippen LogP contribution in [0.1, 0.15) is 17.0 Å². The zero-order valence-electron chi connectivity index (χ0n) is 11.3. The molecule has 2 aromatic heterocycles. The maximum Gasteiger partial charge on any atom is 0.0998 e. The molecule has 2 heterocycles. The first kappa shape index (κ1) is 12.9. The van der Waals surface area contributed by atoms with Crippen molar-refractivity contribution in [2.24, 2.45) is 7.05 Å². The van der Waals surface area contributed by atoms with Crippen molar-refractivity contribution in [2.75, 3.05) is 0 Å². The van der Waals surface area contributed by atoms with Gasteiger partial charge in [-0.15, -0.1) is 0 Å². The van der Waals surface area contributed by atoms with E-state index < -0.39 is 0 Å². The van der Waals surface area contributed by atoms with Crippen molar-refractivity contribution < 1.29 is 0 Å². The third kappa shape index (κ3) is 1.93. The second-order valence-corrected chi connectivity index (χ2v) is 5.56. The van der Waals surface area contributed by atoms with Gasteiger partial charge in [0, 0.05) is 24.1 Å². The fourth-order valence-electron chi connectivity index (χ4n) is 2.47. The third-order valence-corrected chi connectivity index (χ3v) is 4.55. The molecule has 0 aliphatic rings. The lowest BCUT2D eigenvalue weighted by Crippen LogP contribution is -2.05. The van der Waals surface area contributed by atoms with E-state index in [1.807, 2.05) is 49.1 Å². The first-order chi connectivity index (χ1) is 9.61. The van der Waals surface area contributed by atoms with Gasteiger partial charge in [0.15, 0.2) is 0 Å². The molecule has 3 aromatic rings. The molecule has 0 aliphatic heterocycles. The van der Waals surface area contributed by atoms with Crippen LogP contribution in [-0.2, 0) is 13.6 Å². The van der Waals surface area contributed by atoms with E-state index in [9.17, 15) is 0 Å². The van der Waals surface area contributed by atoms with Crippen LogP contribution >= 0.6 is 15.9 Å². The molecule has 0 aliphatic carbocycles. The van der Waals surface area contributed by atoms with Crippen LogP contribution in [0, 0.1) is 18.3 Å². The van der Waals surface area contributed by atoms with Crippen LogP contribution < -0.4 is 0 Å². The van der Waals surface area contributed by atoms with E-state index in [0.29, 0.717) is 5.56 Å². The molecule has 0 saturated carbocycles. The molecule has 0 bridgehead atoms. The van der Waals surface area contributed by atoms with Crippen molar-refractivity contribution in [3.05, 3.63) is 51.9 Å². The van der Waals surface area contributed by atoms with Gasteiger partial charge in [0.05, 0.1) is 34.0 Å². The molecule has 20 heavy (non-hydrogen) atoms. The van der Waals surface area contributed by atoms with E-state index in [4.69, 9.17) is 5.26 Å². The maximum atomic E-state index is 9.15. The van der Waals surface area contributed by atoms with Gasteiger partial charge in [-0.3, -0.25) is 4.68 Å². The summed E-state index contributed by atoms with van der Waals surface area (Å²) in [7, 11) is 1.94. The number of fused-ring (bicyclic) bond motifs is 1. The van der Waals surface area contributed by atoms with Crippen LogP contribution in [0.25, 0.3) is 10.9 Å². The van der Waals surface area contributed by atoms with Crippen LogP contribution in [0.4, 0.5) is 0 Å². The van der Waals surface area contributed by atoms with Crippen LogP contribution in [0.5, 0.6) is 0 Å². The lowest BCUT2D eigenvalue weighted by atomic mass is 10.1. The Morgan fingerprint density at radius 3 is 2.80 bits per heavy atom. The molecule has 0 radical (unpaired) electrons. The highest BCUT2D eigenvalue weighted by Crippen LogP contribution is 2.24. The Kier molecular flexibility index (Phi) is 3.11. The quantitative estimate of drug-likeness (QED) is 0.724. The Morgan fingerprint density at radius 2 is 2.15 bits per heavy atom. The first-order valence-corrected chi connectivity index (χ1v) is 7.07. The van der Waals surface area contributed by atoms with Gasteiger partial charge in [0.1, 0.15) is 0 Å². The third-order valence-electron chi connectivity index (χ3n) is 3.52. The van der Waals surface area contributed by atoms with Crippen molar-refractivity contribution in [3.8, 4) is 6.07 Å². The molecule has 0 spiro atoms. The van der Waals surface area contributed by atoms with Crippen molar-refractivity contribution >= 4 is 26.8 Å². The summed E-state index contributed by atoms with van der Waals surface area (Å²) in [5.74, 6) is 0. The van der Waals surface area contributed by atoms with Crippen LogP contribution in [0.15, 0.2) is 34.9 Å². The largest absolute Gasteiger partial charge is 0.341 e. The smallest absolute Gasteiger partial charge is 0.0998 e. The van der Waals surface area contributed by atoms with E-state index in [1.165, 1.54) is 0 Å². The predicted molar refractivity (Wildman–Crippen MR) is 81.4 cm³/mol. The average molecular weight is 329 g/mol. The van der Waals surface area contributed by atoms with Gasteiger partial charge in [-0.05, 0) is 41.1 Å². The summed E-state index contributed by atoms with van der Waals surface area (Å²) in [5.41, 5.74) is 3.87. The number of halogens is 1. The molecular formula is C15H13BrN4. The summed E-state index contributed by atoms with van der Waals surface area (Å²) in [6, 6.07) is 10.0. The topological polar surface area (TPSA) is 46.5 Å². The van der Waals surface area contributed by atoms with Gasteiger partial charge in [0.2, 0.25) is 0 Å². The van der Waals surface area contributed by atoms with Gasteiger partial charge in [-0.25, -0.2) is 0 Å². The Balaban J connectivity index is 2.10. The minimum Gasteiger partial charge on any atom is -0.341 e. The molecule has 0 saturated heterocycles. The van der Waals surface area contributed by atoms with Gasteiger partial charge in [0.25, 0.3) is 0 Å². The maximum absolute atomic E-state index is 9.15. The fraction of sp³-hybridized carbons (Fsp3) is 0.200.